The number of ether oxygens (including phenoxy) is 1. The first-order valence-electron chi connectivity index (χ1n) is 13.7. The van der Waals surface area contributed by atoms with E-state index in [0.29, 0.717) is 22.4 Å². The van der Waals surface area contributed by atoms with Crippen molar-refractivity contribution in [3.05, 3.63) is 136 Å². The third kappa shape index (κ3) is 8.98. The molecule has 4 aromatic carbocycles. The van der Waals surface area contributed by atoms with Gasteiger partial charge in [-0.1, -0.05) is 46.3 Å². The molecule has 0 aliphatic carbocycles. The lowest BCUT2D eigenvalue weighted by Crippen LogP contribution is -2.32. The van der Waals surface area contributed by atoms with Gasteiger partial charge in [-0.15, -0.1) is 0 Å². The van der Waals surface area contributed by atoms with Gasteiger partial charge in [0.1, 0.15) is 11.4 Å². The smallest absolute Gasteiger partial charge is 0.343 e. The number of rotatable bonds is 11. The maximum absolute atomic E-state index is 13.1. The summed E-state index contributed by atoms with van der Waals surface area (Å²) in [6, 6.07) is 29.9. The lowest BCUT2D eigenvalue weighted by molar-refractivity contribution is -0.117. The number of hydrazone groups is 1. The zero-order valence-electron chi connectivity index (χ0n) is 23.8. The van der Waals surface area contributed by atoms with E-state index in [9.17, 15) is 14.4 Å². The van der Waals surface area contributed by atoms with Crippen LogP contribution in [0.25, 0.3) is 6.08 Å². The SMILES string of the molecule is CCN(CC)c1ccc(/C=C(/NC(=O)c2ccccc2)C(=O)N/N=C/c2ccc(OC(=O)c3ccc(Br)cc3)cc2)cc1. The molecular weight excluding hydrogens is 608 g/mol. The van der Waals surface area contributed by atoms with Crippen LogP contribution in [0, 0.1) is 0 Å². The molecule has 9 heteroatoms. The van der Waals surface area contributed by atoms with Crippen LogP contribution in [0.1, 0.15) is 45.7 Å². The Balaban J connectivity index is 1.44. The van der Waals surface area contributed by atoms with Crippen LogP contribution in [0.3, 0.4) is 0 Å². The molecule has 4 aromatic rings. The molecule has 8 nitrogen and oxygen atoms in total. The summed E-state index contributed by atoms with van der Waals surface area (Å²) in [7, 11) is 0. The van der Waals surface area contributed by atoms with Crippen LogP contribution in [0.2, 0.25) is 0 Å². The average molecular weight is 640 g/mol. The summed E-state index contributed by atoms with van der Waals surface area (Å²) in [4.78, 5) is 40.6. The van der Waals surface area contributed by atoms with Crippen LogP contribution in [0.5, 0.6) is 5.75 Å². The standard InChI is InChI=1S/C34H31BrN4O4/c1-3-39(4-2)29-18-10-24(11-19-29)22-31(37-32(40)26-8-6-5-7-9-26)33(41)38-36-23-25-12-20-30(21-13-25)43-34(42)27-14-16-28(35)17-15-27/h5-23H,3-4H2,1-2H3,(H,37,40)(H,38,41)/b31-22+,36-23+. The molecule has 0 saturated carbocycles. The first-order valence-corrected chi connectivity index (χ1v) is 14.5. The van der Waals surface area contributed by atoms with E-state index in [0.717, 1.165) is 28.8 Å². The van der Waals surface area contributed by atoms with Crippen molar-refractivity contribution in [2.45, 2.75) is 13.8 Å². The van der Waals surface area contributed by atoms with E-state index in [1.54, 1.807) is 78.9 Å². The zero-order chi connectivity index (χ0) is 30.6. The summed E-state index contributed by atoms with van der Waals surface area (Å²) in [5.74, 6) is -1.11. The van der Waals surface area contributed by atoms with E-state index in [1.165, 1.54) is 6.21 Å². The van der Waals surface area contributed by atoms with Crippen molar-refractivity contribution in [1.29, 1.82) is 0 Å². The molecule has 218 valence electrons. The number of esters is 1. The van der Waals surface area contributed by atoms with E-state index in [1.807, 2.05) is 30.3 Å². The van der Waals surface area contributed by atoms with Crippen molar-refractivity contribution in [1.82, 2.24) is 10.7 Å². The summed E-state index contributed by atoms with van der Waals surface area (Å²) >= 11 is 3.34. The summed E-state index contributed by atoms with van der Waals surface area (Å²) in [6.07, 6.45) is 3.06. The summed E-state index contributed by atoms with van der Waals surface area (Å²) in [6.45, 7) is 5.94. The van der Waals surface area contributed by atoms with Gasteiger partial charge in [0.05, 0.1) is 11.8 Å². The third-order valence-electron chi connectivity index (χ3n) is 6.41. The molecule has 2 amide bonds. The van der Waals surface area contributed by atoms with Gasteiger partial charge in [0.2, 0.25) is 0 Å². The third-order valence-corrected chi connectivity index (χ3v) is 6.94. The van der Waals surface area contributed by atoms with Crippen molar-refractivity contribution in [3.63, 3.8) is 0 Å². The van der Waals surface area contributed by atoms with Crippen molar-refractivity contribution >= 4 is 51.7 Å². The largest absolute Gasteiger partial charge is 0.423 e. The predicted octanol–water partition coefficient (Wildman–Crippen LogP) is 6.44. The fourth-order valence-corrected chi connectivity index (χ4v) is 4.34. The van der Waals surface area contributed by atoms with E-state index in [4.69, 9.17) is 4.74 Å². The number of carbonyl (C=O) groups excluding carboxylic acids is 3. The Morgan fingerprint density at radius 3 is 2.05 bits per heavy atom. The molecule has 0 bridgehead atoms. The number of hydrogen-bond acceptors (Lipinski definition) is 6. The zero-order valence-corrected chi connectivity index (χ0v) is 25.4. The quantitative estimate of drug-likeness (QED) is 0.0648. The van der Waals surface area contributed by atoms with E-state index in [2.05, 4.69) is 50.5 Å². The van der Waals surface area contributed by atoms with Gasteiger partial charge in [0.25, 0.3) is 11.8 Å². The Bertz CT molecular complexity index is 1600. The van der Waals surface area contributed by atoms with E-state index < -0.39 is 17.8 Å². The number of benzene rings is 4. The molecule has 43 heavy (non-hydrogen) atoms. The molecule has 0 aliphatic heterocycles. The molecular formula is C34H31BrN4O4. The molecule has 0 spiro atoms. The van der Waals surface area contributed by atoms with Gasteiger partial charge in [-0.05, 0) is 104 Å². The summed E-state index contributed by atoms with van der Waals surface area (Å²) < 4.78 is 6.28. The molecule has 0 fully saturated rings. The van der Waals surface area contributed by atoms with Gasteiger partial charge in [0, 0.05) is 28.8 Å². The molecule has 0 unspecified atom stereocenters. The number of hydrogen-bond donors (Lipinski definition) is 2. The second-order valence-electron chi connectivity index (χ2n) is 9.31. The van der Waals surface area contributed by atoms with Crippen LogP contribution in [-0.2, 0) is 4.79 Å². The Morgan fingerprint density at radius 1 is 0.791 bits per heavy atom. The molecule has 0 atom stereocenters. The Hall–Kier alpha value is -5.02. The van der Waals surface area contributed by atoms with E-state index >= 15 is 0 Å². The minimum Gasteiger partial charge on any atom is -0.423 e. The van der Waals surface area contributed by atoms with Gasteiger partial charge in [-0.25, -0.2) is 10.2 Å². The fourth-order valence-electron chi connectivity index (χ4n) is 4.08. The normalized spacial score (nSPS) is 11.2. The first-order chi connectivity index (χ1) is 20.9. The van der Waals surface area contributed by atoms with Crippen molar-refractivity contribution in [2.24, 2.45) is 5.10 Å². The van der Waals surface area contributed by atoms with Crippen molar-refractivity contribution < 1.29 is 19.1 Å². The van der Waals surface area contributed by atoms with Gasteiger partial charge < -0.3 is 15.0 Å². The van der Waals surface area contributed by atoms with Crippen LogP contribution >= 0.6 is 15.9 Å². The molecule has 0 radical (unpaired) electrons. The lowest BCUT2D eigenvalue weighted by Gasteiger charge is -2.20. The number of halogens is 1. The monoisotopic (exact) mass is 638 g/mol. The summed E-state index contributed by atoms with van der Waals surface area (Å²) in [5.41, 5.74) is 5.84. The van der Waals surface area contributed by atoms with Crippen molar-refractivity contribution in [2.75, 3.05) is 18.0 Å². The summed E-state index contributed by atoms with van der Waals surface area (Å²) in [5, 5.41) is 6.76. The minimum absolute atomic E-state index is 0.0387. The van der Waals surface area contributed by atoms with Gasteiger partial charge in [0.15, 0.2) is 0 Å². The highest BCUT2D eigenvalue weighted by Crippen LogP contribution is 2.18. The molecule has 0 aromatic heterocycles. The molecule has 0 heterocycles. The molecule has 2 N–H and O–H groups in total. The number of carbonyl (C=O) groups is 3. The van der Waals surface area contributed by atoms with Gasteiger partial charge >= 0.3 is 5.97 Å². The number of nitrogens with one attached hydrogen (secondary N) is 2. The maximum Gasteiger partial charge on any atom is 0.343 e. The minimum atomic E-state index is -0.589. The van der Waals surface area contributed by atoms with Crippen LogP contribution < -0.4 is 20.4 Å². The molecule has 0 saturated heterocycles. The van der Waals surface area contributed by atoms with Gasteiger partial charge in [-0.2, -0.15) is 5.10 Å². The second kappa shape index (κ2) is 15.3. The van der Waals surface area contributed by atoms with Crippen LogP contribution in [0.4, 0.5) is 5.69 Å². The Morgan fingerprint density at radius 2 is 1.42 bits per heavy atom. The highest BCUT2D eigenvalue weighted by molar-refractivity contribution is 9.10. The predicted molar refractivity (Wildman–Crippen MR) is 173 cm³/mol. The lowest BCUT2D eigenvalue weighted by atomic mass is 10.1. The highest BCUT2D eigenvalue weighted by atomic mass is 79.9. The average Bonchev–Trinajstić information content (AvgIpc) is 3.03. The topological polar surface area (TPSA) is 100 Å². The first kappa shape index (κ1) is 30.9. The second-order valence-corrected chi connectivity index (χ2v) is 10.2. The Labute approximate surface area is 259 Å². The molecule has 0 aliphatic rings. The maximum atomic E-state index is 13.1. The van der Waals surface area contributed by atoms with Crippen LogP contribution in [0.15, 0.2) is 118 Å². The fraction of sp³-hybridized carbons (Fsp3) is 0.118. The molecule has 4 rings (SSSR count). The number of anilines is 1. The Kier molecular flexibility index (Phi) is 11.0. The van der Waals surface area contributed by atoms with E-state index in [-0.39, 0.29) is 5.70 Å². The van der Waals surface area contributed by atoms with Gasteiger partial charge in [-0.3, -0.25) is 9.59 Å². The van der Waals surface area contributed by atoms with Crippen molar-refractivity contribution in [3.8, 4) is 5.75 Å². The highest BCUT2D eigenvalue weighted by Gasteiger charge is 2.15. The number of nitrogens with zero attached hydrogens (tertiary/aromatic N) is 2. The number of amides is 2. The van der Waals surface area contributed by atoms with Crippen LogP contribution in [-0.4, -0.2) is 37.1 Å².